The van der Waals surface area contributed by atoms with E-state index in [1.165, 1.54) is 166 Å². The van der Waals surface area contributed by atoms with Crippen molar-refractivity contribution >= 4 is 77.0 Å². The number of esters is 2. The van der Waals surface area contributed by atoms with E-state index in [9.17, 15) is 73.2 Å². The van der Waals surface area contributed by atoms with E-state index in [1.807, 2.05) is 5.32 Å². The lowest BCUT2D eigenvalue weighted by Crippen LogP contribution is -2.60. The minimum absolute atomic E-state index is 0.00575. The van der Waals surface area contributed by atoms with E-state index in [1.54, 1.807) is 0 Å². The Hall–Kier alpha value is -5.56. The first-order valence-corrected chi connectivity index (χ1v) is 38.0. The fourth-order valence-corrected chi connectivity index (χ4v) is 11.8. The fraction of sp³-hybridized carbons (Fsp3) is 0.845. The van der Waals surface area contributed by atoms with Crippen LogP contribution in [-0.2, 0) is 62.2 Å². The number of unbranched alkanes of at least 4 members (excludes halogenated alkanes) is 34. The largest absolute Gasteiger partial charge is 0.481 e. The van der Waals surface area contributed by atoms with E-state index in [4.69, 9.17) is 9.47 Å². The van der Waals surface area contributed by atoms with Crippen LogP contribution in [0, 0.1) is 0 Å². The van der Waals surface area contributed by atoms with E-state index in [2.05, 4.69) is 52.7 Å². The Morgan fingerprint density at radius 2 is 0.729 bits per heavy atom. The Kier molecular flexibility index (Phi) is 58.2. The zero-order valence-electron chi connectivity index (χ0n) is 59.5. The van der Waals surface area contributed by atoms with E-state index in [-0.39, 0.29) is 49.3 Å². The van der Waals surface area contributed by atoms with Crippen LogP contribution in [0.5, 0.6) is 0 Å². The zero-order valence-corrected chi connectivity index (χ0v) is 60.3. The normalized spacial score (nSPS) is 13.4. The Labute approximate surface area is 578 Å². The van der Waals surface area contributed by atoms with Gasteiger partial charge in [0.2, 0.25) is 41.4 Å². The number of carbonyl (C=O) groups excluding carboxylic acids is 9. The van der Waals surface area contributed by atoms with Crippen molar-refractivity contribution in [3.63, 3.8) is 0 Å². The van der Waals surface area contributed by atoms with Crippen LogP contribution in [0.1, 0.15) is 304 Å². The predicted molar refractivity (Wildman–Crippen MR) is 374 cm³/mol. The predicted octanol–water partition coefficient (Wildman–Crippen LogP) is 9.84. The molecule has 0 aliphatic heterocycles. The van der Waals surface area contributed by atoms with Gasteiger partial charge in [0.05, 0.1) is 31.8 Å². The minimum Gasteiger partial charge on any atom is -0.481 e. The standard InChI is InChI=1S/C71H129N7O17S/c1-6-9-12-15-18-21-24-26-29-32-35-38-41-44-64(87)94-51-56(95-65(88)45-42-39-36-33-30-27-25-22-19-16-13-10-7-2)52-96-53-58(76-59(81)43-40-37-34-31-28-23-20-17-14-11-8-3)68(89)74-49-61(83)72-48-60(82)73-50-62(84)75-57(46-47-63(85)86)69(90)77-66(54(4)79)70(91)78-67(55(5)80)71(92)93/h54-58,66-67,79-80H,6-53H2,1-5H3,(H,72,83)(H,73,82)(H,74,89)(H,75,84)(H,76,81)(H,77,90)(H,78,91)(H,85,86)(H,92,93)/t54-,55-,56-,57+,58+,66+,67+/m1/s1. The van der Waals surface area contributed by atoms with Crippen LogP contribution in [-0.4, -0.2) is 166 Å². The molecule has 0 saturated heterocycles. The maximum Gasteiger partial charge on any atom is 0.328 e. The van der Waals surface area contributed by atoms with Gasteiger partial charge < -0.3 is 67.1 Å². The van der Waals surface area contributed by atoms with Gasteiger partial charge in [-0.1, -0.05) is 239 Å². The van der Waals surface area contributed by atoms with Gasteiger partial charge in [-0.2, -0.15) is 11.8 Å². The van der Waals surface area contributed by atoms with Crippen LogP contribution in [0.2, 0.25) is 0 Å². The maximum absolute atomic E-state index is 13.8. The third kappa shape index (κ3) is 53.5. The lowest BCUT2D eigenvalue weighted by atomic mass is 10.0. The number of amides is 7. The molecule has 7 atom stereocenters. The van der Waals surface area contributed by atoms with Crippen molar-refractivity contribution in [2.24, 2.45) is 0 Å². The minimum atomic E-state index is -1.82. The Balaban J connectivity index is 5.84. The molecule has 0 aromatic carbocycles. The molecule has 556 valence electrons. The number of carbonyl (C=O) groups is 11. The van der Waals surface area contributed by atoms with E-state index < -0.39 is 128 Å². The van der Waals surface area contributed by atoms with Crippen molar-refractivity contribution in [1.82, 2.24) is 37.2 Å². The number of hydrogen-bond acceptors (Lipinski definition) is 16. The molecule has 24 nitrogen and oxygen atoms in total. The van der Waals surface area contributed by atoms with Crippen LogP contribution >= 0.6 is 11.8 Å². The molecule has 0 heterocycles. The van der Waals surface area contributed by atoms with Crippen molar-refractivity contribution in [2.45, 2.75) is 347 Å². The van der Waals surface area contributed by atoms with Gasteiger partial charge >= 0.3 is 23.9 Å². The number of carboxylic acids is 2. The molecule has 0 aromatic rings. The number of aliphatic hydroxyl groups excluding tert-OH is 2. The van der Waals surface area contributed by atoms with Crippen LogP contribution in [0.15, 0.2) is 0 Å². The number of aliphatic hydroxyl groups is 2. The van der Waals surface area contributed by atoms with Gasteiger partial charge in [-0.15, -0.1) is 0 Å². The van der Waals surface area contributed by atoms with Gasteiger partial charge in [-0.25, -0.2) is 4.79 Å². The van der Waals surface area contributed by atoms with Gasteiger partial charge in [0.25, 0.3) is 0 Å². The third-order valence-electron chi connectivity index (χ3n) is 16.7. The summed E-state index contributed by atoms with van der Waals surface area (Å²) in [4.78, 5) is 141. The van der Waals surface area contributed by atoms with E-state index in [0.29, 0.717) is 19.3 Å². The first-order chi connectivity index (χ1) is 46.1. The average molecular weight is 1380 g/mol. The Morgan fingerprint density at radius 1 is 0.365 bits per heavy atom. The van der Waals surface area contributed by atoms with Crippen molar-refractivity contribution in [1.29, 1.82) is 0 Å². The Morgan fingerprint density at radius 3 is 1.14 bits per heavy atom. The molecule has 0 bridgehead atoms. The third-order valence-corrected chi connectivity index (χ3v) is 17.8. The van der Waals surface area contributed by atoms with Gasteiger partial charge in [-0.05, 0) is 39.5 Å². The summed E-state index contributed by atoms with van der Waals surface area (Å²) < 4.78 is 11.6. The highest BCUT2D eigenvalue weighted by atomic mass is 32.2. The zero-order chi connectivity index (χ0) is 71.4. The van der Waals surface area contributed by atoms with Crippen molar-refractivity contribution in [2.75, 3.05) is 37.7 Å². The molecule has 7 amide bonds. The smallest absolute Gasteiger partial charge is 0.328 e. The number of aliphatic carboxylic acids is 2. The topological polar surface area (TPSA) is 371 Å². The fourth-order valence-electron chi connectivity index (χ4n) is 10.8. The molecule has 11 N–H and O–H groups in total. The summed E-state index contributed by atoms with van der Waals surface area (Å²) in [6.45, 7) is 6.56. The molecule has 0 rings (SSSR count). The van der Waals surface area contributed by atoms with Crippen molar-refractivity contribution in [3.8, 4) is 0 Å². The highest BCUT2D eigenvalue weighted by molar-refractivity contribution is 7.99. The number of carboxylic acid groups (broad SMARTS) is 2. The van der Waals surface area contributed by atoms with Gasteiger partial charge in [0.15, 0.2) is 6.04 Å². The monoisotopic (exact) mass is 1380 g/mol. The molecule has 0 spiro atoms. The van der Waals surface area contributed by atoms with Crippen LogP contribution < -0.4 is 37.2 Å². The molecule has 0 aliphatic rings. The second-order valence-electron chi connectivity index (χ2n) is 25.8. The molecule has 25 heteroatoms. The van der Waals surface area contributed by atoms with Gasteiger partial charge in [0, 0.05) is 37.2 Å². The van der Waals surface area contributed by atoms with Crippen molar-refractivity contribution < 1.29 is 82.6 Å². The molecule has 96 heavy (non-hydrogen) atoms. The number of rotatable bonds is 66. The summed E-state index contributed by atoms with van der Waals surface area (Å²) in [6, 6.07) is -6.41. The second-order valence-corrected chi connectivity index (χ2v) is 26.9. The van der Waals surface area contributed by atoms with Gasteiger partial charge in [-0.3, -0.25) is 47.9 Å². The number of nitrogens with one attached hydrogen (secondary N) is 7. The molecule has 0 unspecified atom stereocenters. The molecule has 0 aromatic heterocycles. The number of hydrogen-bond donors (Lipinski definition) is 11. The molecule has 0 saturated carbocycles. The summed E-state index contributed by atoms with van der Waals surface area (Å²) in [5.41, 5.74) is 0. The summed E-state index contributed by atoms with van der Waals surface area (Å²) in [6.07, 6.45) is 37.7. The summed E-state index contributed by atoms with van der Waals surface area (Å²) >= 11 is 1.21. The first-order valence-electron chi connectivity index (χ1n) is 36.9. The second kappa shape index (κ2) is 61.7. The SMILES string of the molecule is CCCCCCCCCCCCCCCC(=O)OC[C@H](CSC[C@H](NC(=O)CCCCCCCCCCCCC)C(=O)NCC(=O)NCC(=O)NCC(=O)N[C@@H](CCC(=O)O)C(=O)N[C@H](C(=O)N[C@H](C(=O)O)[C@@H](C)O)[C@@H](C)O)OC(=O)CCCCCCCCCCCCCCC. The molecule has 0 fully saturated rings. The van der Waals surface area contributed by atoms with Crippen LogP contribution in [0.3, 0.4) is 0 Å². The first kappa shape index (κ1) is 90.4. The van der Waals surface area contributed by atoms with Gasteiger partial charge in [0.1, 0.15) is 30.8 Å². The summed E-state index contributed by atoms with van der Waals surface area (Å²) in [7, 11) is 0. The maximum atomic E-state index is 13.8. The number of ether oxygens (including phenoxy) is 2. The molecular formula is C71H129N7O17S. The summed E-state index contributed by atoms with van der Waals surface area (Å²) in [5.74, 6) is -9.79. The average Bonchev–Trinajstić information content (AvgIpc) is 0.908. The Bertz CT molecular complexity index is 2140. The lowest BCUT2D eigenvalue weighted by Gasteiger charge is -2.26. The highest BCUT2D eigenvalue weighted by Gasteiger charge is 2.34. The van der Waals surface area contributed by atoms with Crippen LogP contribution in [0.4, 0.5) is 0 Å². The molecule has 0 radical (unpaired) electrons. The van der Waals surface area contributed by atoms with Crippen molar-refractivity contribution in [3.05, 3.63) is 0 Å². The van der Waals surface area contributed by atoms with E-state index >= 15 is 0 Å². The lowest BCUT2D eigenvalue weighted by molar-refractivity contribution is -0.157. The molecule has 0 aliphatic carbocycles. The quantitative estimate of drug-likeness (QED) is 0.0199. The van der Waals surface area contributed by atoms with Crippen LogP contribution in [0.25, 0.3) is 0 Å². The molecular weight excluding hydrogens is 1250 g/mol. The number of thioether (sulfide) groups is 1. The highest BCUT2D eigenvalue weighted by Crippen LogP contribution is 2.18. The summed E-state index contributed by atoms with van der Waals surface area (Å²) in [5, 5.41) is 54.9. The van der Waals surface area contributed by atoms with E-state index in [0.717, 1.165) is 78.1 Å².